The van der Waals surface area contributed by atoms with E-state index in [1.54, 1.807) is 7.11 Å². The molecule has 3 N–H and O–H groups in total. The van der Waals surface area contributed by atoms with Crippen molar-refractivity contribution in [2.24, 2.45) is 5.73 Å². The molecule has 0 spiro atoms. The highest BCUT2D eigenvalue weighted by molar-refractivity contribution is 6.32. The SMILES string of the molecule is COc1ccc(C(CN)Nc2ccc(C)cc2)cc1Cl. The van der Waals surface area contributed by atoms with Crippen LogP contribution in [0.15, 0.2) is 42.5 Å². The van der Waals surface area contributed by atoms with Gasteiger partial charge in [0.1, 0.15) is 5.75 Å². The van der Waals surface area contributed by atoms with E-state index in [4.69, 9.17) is 22.1 Å². The summed E-state index contributed by atoms with van der Waals surface area (Å²) in [5.41, 5.74) is 9.18. The Morgan fingerprint density at radius 3 is 2.45 bits per heavy atom. The van der Waals surface area contributed by atoms with Crippen molar-refractivity contribution in [1.82, 2.24) is 0 Å². The number of anilines is 1. The maximum Gasteiger partial charge on any atom is 0.137 e. The molecular formula is C16H19ClN2O. The fraction of sp³-hybridized carbons (Fsp3) is 0.250. The van der Waals surface area contributed by atoms with Gasteiger partial charge < -0.3 is 15.8 Å². The lowest BCUT2D eigenvalue weighted by atomic mass is 10.1. The first kappa shape index (κ1) is 14.7. The number of hydrogen-bond acceptors (Lipinski definition) is 3. The van der Waals surface area contributed by atoms with Crippen LogP contribution in [0.5, 0.6) is 5.75 Å². The first-order valence-corrected chi connectivity index (χ1v) is 6.88. The Morgan fingerprint density at radius 2 is 1.90 bits per heavy atom. The van der Waals surface area contributed by atoms with Crippen molar-refractivity contribution in [3.63, 3.8) is 0 Å². The number of aryl methyl sites for hydroxylation is 1. The lowest BCUT2D eigenvalue weighted by molar-refractivity contribution is 0.415. The predicted octanol–water partition coefficient (Wildman–Crippen LogP) is 3.77. The molecule has 0 aliphatic carbocycles. The molecule has 1 unspecified atom stereocenters. The van der Waals surface area contributed by atoms with Gasteiger partial charge in [0.2, 0.25) is 0 Å². The number of methoxy groups -OCH3 is 1. The van der Waals surface area contributed by atoms with Crippen LogP contribution in [0.1, 0.15) is 17.2 Å². The van der Waals surface area contributed by atoms with E-state index >= 15 is 0 Å². The number of hydrogen-bond donors (Lipinski definition) is 2. The molecule has 0 heterocycles. The van der Waals surface area contributed by atoms with Crippen molar-refractivity contribution in [3.05, 3.63) is 58.6 Å². The lowest BCUT2D eigenvalue weighted by Gasteiger charge is -2.19. The normalized spacial score (nSPS) is 12.0. The van der Waals surface area contributed by atoms with Gasteiger partial charge in [-0.2, -0.15) is 0 Å². The van der Waals surface area contributed by atoms with Crippen molar-refractivity contribution < 1.29 is 4.74 Å². The van der Waals surface area contributed by atoms with E-state index in [-0.39, 0.29) is 6.04 Å². The van der Waals surface area contributed by atoms with Gasteiger partial charge in [-0.15, -0.1) is 0 Å². The zero-order chi connectivity index (χ0) is 14.5. The molecule has 0 aliphatic rings. The third kappa shape index (κ3) is 3.44. The molecular weight excluding hydrogens is 272 g/mol. The largest absolute Gasteiger partial charge is 0.495 e. The number of rotatable bonds is 5. The van der Waals surface area contributed by atoms with Crippen molar-refractivity contribution in [1.29, 1.82) is 0 Å². The Bertz CT molecular complexity index is 569. The molecule has 4 heteroatoms. The van der Waals surface area contributed by atoms with Gasteiger partial charge in [0.15, 0.2) is 0 Å². The van der Waals surface area contributed by atoms with E-state index in [1.807, 2.05) is 30.3 Å². The molecule has 106 valence electrons. The second-order valence-electron chi connectivity index (χ2n) is 4.69. The fourth-order valence-electron chi connectivity index (χ4n) is 2.03. The molecule has 0 amide bonds. The molecule has 0 aliphatic heterocycles. The highest BCUT2D eigenvalue weighted by Gasteiger charge is 2.11. The fourth-order valence-corrected chi connectivity index (χ4v) is 2.29. The molecule has 0 saturated heterocycles. The molecule has 2 aromatic rings. The minimum Gasteiger partial charge on any atom is -0.495 e. The van der Waals surface area contributed by atoms with E-state index in [2.05, 4.69) is 24.4 Å². The second-order valence-corrected chi connectivity index (χ2v) is 5.10. The van der Waals surface area contributed by atoms with Gasteiger partial charge in [-0.25, -0.2) is 0 Å². The average molecular weight is 291 g/mol. The minimum absolute atomic E-state index is 0.0149. The van der Waals surface area contributed by atoms with Crippen LogP contribution in [0.4, 0.5) is 5.69 Å². The number of halogens is 1. The highest BCUT2D eigenvalue weighted by Crippen LogP contribution is 2.28. The van der Waals surface area contributed by atoms with Crippen LogP contribution in [0.2, 0.25) is 5.02 Å². The lowest BCUT2D eigenvalue weighted by Crippen LogP contribution is -2.20. The zero-order valence-electron chi connectivity index (χ0n) is 11.7. The van der Waals surface area contributed by atoms with Crippen LogP contribution in [0, 0.1) is 6.92 Å². The van der Waals surface area contributed by atoms with E-state index in [1.165, 1.54) is 5.56 Å². The topological polar surface area (TPSA) is 47.3 Å². The van der Waals surface area contributed by atoms with E-state index in [9.17, 15) is 0 Å². The summed E-state index contributed by atoms with van der Waals surface area (Å²) in [6.45, 7) is 2.55. The van der Waals surface area contributed by atoms with Crippen molar-refractivity contribution in [2.75, 3.05) is 19.0 Å². The Balaban J connectivity index is 2.19. The Kier molecular flexibility index (Phi) is 4.88. The maximum absolute atomic E-state index is 6.16. The van der Waals surface area contributed by atoms with Crippen LogP contribution in [0.3, 0.4) is 0 Å². The first-order valence-electron chi connectivity index (χ1n) is 6.50. The molecule has 1 atom stereocenters. The molecule has 20 heavy (non-hydrogen) atoms. The van der Waals surface area contributed by atoms with Crippen LogP contribution in [0.25, 0.3) is 0 Å². The number of benzene rings is 2. The van der Waals surface area contributed by atoms with Gasteiger partial charge in [0.25, 0.3) is 0 Å². The summed E-state index contributed by atoms with van der Waals surface area (Å²) < 4.78 is 5.16. The van der Waals surface area contributed by atoms with Gasteiger partial charge in [-0.3, -0.25) is 0 Å². The van der Waals surface area contributed by atoms with Crippen LogP contribution in [-0.2, 0) is 0 Å². The summed E-state index contributed by atoms with van der Waals surface area (Å²) in [6, 6.07) is 14.0. The number of nitrogens with two attached hydrogens (primary N) is 1. The molecule has 2 aromatic carbocycles. The summed E-state index contributed by atoms with van der Waals surface area (Å²) in [4.78, 5) is 0. The van der Waals surface area contributed by atoms with Crippen LogP contribution in [-0.4, -0.2) is 13.7 Å². The van der Waals surface area contributed by atoms with Crippen LogP contribution < -0.4 is 15.8 Å². The average Bonchev–Trinajstić information content (AvgIpc) is 2.46. The molecule has 0 saturated carbocycles. The molecule has 2 rings (SSSR count). The third-order valence-corrected chi connectivity index (χ3v) is 3.50. The molecule has 0 radical (unpaired) electrons. The smallest absolute Gasteiger partial charge is 0.137 e. The summed E-state index contributed by atoms with van der Waals surface area (Å²) in [7, 11) is 1.60. The van der Waals surface area contributed by atoms with Gasteiger partial charge >= 0.3 is 0 Å². The third-order valence-electron chi connectivity index (χ3n) is 3.21. The summed E-state index contributed by atoms with van der Waals surface area (Å²) in [5, 5.41) is 4.00. The minimum atomic E-state index is 0.0149. The predicted molar refractivity (Wildman–Crippen MR) is 84.6 cm³/mol. The van der Waals surface area contributed by atoms with Gasteiger partial charge in [0, 0.05) is 12.2 Å². The van der Waals surface area contributed by atoms with Gasteiger partial charge in [-0.1, -0.05) is 35.4 Å². The highest BCUT2D eigenvalue weighted by atomic mass is 35.5. The van der Waals surface area contributed by atoms with Gasteiger partial charge in [-0.05, 0) is 36.8 Å². The zero-order valence-corrected chi connectivity index (χ0v) is 12.4. The molecule has 0 fully saturated rings. The molecule has 0 bridgehead atoms. The Hall–Kier alpha value is -1.71. The number of nitrogens with one attached hydrogen (secondary N) is 1. The standard InChI is InChI=1S/C16H19ClN2O/c1-11-3-6-13(7-4-11)19-15(10-18)12-5-8-16(20-2)14(17)9-12/h3-9,15,19H,10,18H2,1-2H3. The van der Waals surface area contributed by atoms with E-state index in [0.717, 1.165) is 11.3 Å². The summed E-state index contributed by atoms with van der Waals surface area (Å²) >= 11 is 6.16. The summed E-state index contributed by atoms with van der Waals surface area (Å²) in [6.07, 6.45) is 0. The van der Waals surface area contributed by atoms with Crippen molar-refractivity contribution in [2.45, 2.75) is 13.0 Å². The summed E-state index contributed by atoms with van der Waals surface area (Å²) in [5.74, 6) is 0.668. The van der Waals surface area contributed by atoms with Crippen molar-refractivity contribution >= 4 is 17.3 Å². The van der Waals surface area contributed by atoms with Gasteiger partial charge in [0.05, 0.1) is 18.2 Å². The van der Waals surface area contributed by atoms with Crippen molar-refractivity contribution in [3.8, 4) is 5.75 Å². The van der Waals surface area contributed by atoms with E-state index < -0.39 is 0 Å². The second kappa shape index (κ2) is 6.64. The maximum atomic E-state index is 6.16. The Morgan fingerprint density at radius 1 is 1.20 bits per heavy atom. The van der Waals surface area contributed by atoms with Crippen LogP contribution >= 0.6 is 11.6 Å². The Labute approximate surface area is 124 Å². The first-order chi connectivity index (χ1) is 9.63. The molecule has 0 aromatic heterocycles. The molecule has 3 nitrogen and oxygen atoms in total. The monoisotopic (exact) mass is 290 g/mol. The van der Waals surface area contributed by atoms with E-state index in [0.29, 0.717) is 17.3 Å². The quantitative estimate of drug-likeness (QED) is 0.881. The number of ether oxygens (including phenoxy) is 1.